The lowest BCUT2D eigenvalue weighted by Crippen LogP contribution is -2.55. The van der Waals surface area contributed by atoms with E-state index in [1.165, 1.54) is 61.0 Å². The SMILES string of the molecule is C.C.CN1[C@@H](C(=O)Nc2ccc(F)c(Cl)c2)C[C@@H](c2cc(-c3ncn(C)n3)cs2)NS1(=O)=O.CN1[C@H](C(=O)Nc2ccc(F)c(Cl)c2)C[C@H](c2cc(-c3ncn(C)n3)cs2)NS1(=O)=O. The number of carbonyl (C=O) groups excluding carboxylic acids is 2. The topological polar surface area (TPSA) is 218 Å². The second-order valence-corrected chi connectivity index (χ2v) is 20.3. The lowest BCUT2D eigenvalue weighted by Gasteiger charge is -2.35. The molecule has 6 aromatic rings. The van der Waals surface area contributed by atoms with Crippen molar-refractivity contribution in [3.8, 4) is 22.8 Å². The second-order valence-electron chi connectivity index (χ2n) is 14.1. The van der Waals surface area contributed by atoms with E-state index in [2.05, 4.69) is 40.2 Å². The molecule has 2 fully saturated rings. The maximum Gasteiger partial charge on any atom is 0.280 e. The van der Waals surface area contributed by atoms with Crippen molar-refractivity contribution < 1.29 is 35.2 Å². The van der Waals surface area contributed by atoms with Crippen molar-refractivity contribution in [2.24, 2.45) is 14.1 Å². The summed E-state index contributed by atoms with van der Waals surface area (Å²) in [7, 11) is -1.63. The van der Waals surface area contributed by atoms with Crippen LogP contribution in [0.25, 0.3) is 22.8 Å². The van der Waals surface area contributed by atoms with Gasteiger partial charge in [-0.1, -0.05) is 38.1 Å². The molecule has 8 rings (SSSR count). The van der Waals surface area contributed by atoms with Gasteiger partial charge in [0.2, 0.25) is 11.8 Å². The van der Waals surface area contributed by atoms with Crippen LogP contribution in [0.3, 0.4) is 0 Å². The highest BCUT2D eigenvalue weighted by atomic mass is 35.5. The Kier molecular flexibility index (Phi) is 15.8. The molecule has 2 amide bonds. The van der Waals surface area contributed by atoms with E-state index in [0.29, 0.717) is 11.6 Å². The average molecular weight is 1000 g/mol. The molecule has 0 unspecified atom stereocenters. The van der Waals surface area contributed by atoms with Gasteiger partial charge in [0, 0.05) is 71.2 Å². The van der Waals surface area contributed by atoms with Crippen molar-refractivity contribution in [2.75, 3.05) is 24.7 Å². The summed E-state index contributed by atoms with van der Waals surface area (Å²) >= 11 is 14.2. The number of carbonyl (C=O) groups is 2. The van der Waals surface area contributed by atoms with Gasteiger partial charge in [0.1, 0.15) is 36.4 Å². The van der Waals surface area contributed by atoms with Gasteiger partial charge in [0.05, 0.1) is 22.1 Å². The van der Waals surface area contributed by atoms with E-state index in [9.17, 15) is 35.2 Å². The summed E-state index contributed by atoms with van der Waals surface area (Å²) in [6, 6.07) is 7.99. The summed E-state index contributed by atoms with van der Waals surface area (Å²) in [5.74, 6) is -1.24. The number of halogens is 4. The number of aromatic nitrogens is 6. The molecule has 2 saturated heterocycles. The van der Waals surface area contributed by atoms with E-state index in [4.69, 9.17) is 23.2 Å². The number of thiophene rings is 2. The molecule has 0 aliphatic carbocycles. The van der Waals surface area contributed by atoms with Crippen LogP contribution in [0.4, 0.5) is 20.2 Å². The molecule has 4 N–H and O–H groups in total. The van der Waals surface area contributed by atoms with Crippen LogP contribution < -0.4 is 20.1 Å². The maximum absolute atomic E-state index is 13.4. The number of hydrogen-bond acceptors (Lipinski definition) is 12. The van der Waals surface area contributed by atoms with Crippen LogP contribution in [-0.2, 0) is 44.1 Å². The molecule has 18 nitrogen and oxygen atoms in total. The summed E-state index contributed by atoms with van der Waals surface area (Å²) in [5.41, 5.74) is 2.08. The van der Waals surface area contributed by atoms with Crippen LogP contribution in [0.1, 0.15) is 49.5 Å². The first-order valence-corrected chi connectivity index (χ1v) is 23.6. The number of hydrogen-bond donors (Lipinski definition) is 4. The minimum absolute atomic E-state index is 0. The fourth-order valence-corrected chi connectivity index (χ4v) is 11.4. The van der Waals surface area contributed by atoms with Gasteiger partial charge < -0.3 is 10.6 Å². The molecule has 2 aliphatic heterocycles. The van der Waals surface area contributed by atoms with Crippen LogP contribution in [0.2, 0.25) is 10.0 Å². The number of nitrogens with one attached hydrogen (secondary N) is 4. The Morgan fingerprint density at radius 1 is 0.672 bits per heavy atom. The van der Waals surface area contributed by atoms with Crippen LogP contribution >= 0.6 is 45.9 Å². The average Bonchev–Trinajstić information content (AvgIpc) is 4.05. The first kappa shape index (κ1) is 50.2. The largest absolute Gasteiger partial charge is 0.325 e. The van der Waals surface area contributed by atoms with Crippen LogP contribution in [0.5, 0.6) is 0 Å². The number of amides is 2. The van der Waals surface area contributed by atoms with E-state index in [1.54, 1.807) is 36.1 Å². The fraction of sp³-hybridized carbons (Fsp3) is 0.316. The predicted molar refractivity (Wildman–Crippen MR) is 244 cm³/mol. The van der Waals surface area contributed by atoms with Gasteiger partial charge >= 0.3 is 0 Å². The Hall–Kier alpha value is -4.76. The molecule has 2 aliphatic rings. The number of nitrogens with zero attached hydrogens (tertiary/aromatic N) is 8. The van der Waals surface area contributed by atoms with Gasteiger partial charge in [-0.3, -0.25) is 19.0 Å². The highest BCUT2D eigenvalue weighted by Gasteiger charge is 2.42. The zero-order valence-corrected chi connectivity index (χ0v) is 37.6. The van der Waals surface area contributed by atoms with Crippen molar-refractivity contribution >= 4 is 89.5 Å². The molecule has 344 valence electrons. The normalized spacial score (nSPS) is 20.5. The third-order valence-corrected chi connectivity index (χ3v) is 15.6. The van der Waals surface area contributed by atoms with Gasteiger partial charge in [-0.2, -0.15) is 45.1 Å². The van der Waals surface area contributed by atoms with Crippen molar-refractivity contribution in [3.05, 3.63) is 103 Å². The van der Waals surface area contributed by atoms with Crippen LogP contribution in [-0.4, -0.2) is 93.0 Å². The lowest BCUT2D eigenvalue weighted by molar-refractivity contribution is -0.120. The van der Waals surface area contributed by atoms with Crippen molar-refractivity contribution in [2.45, 2.75) is 51.9 Å². The minimum Gasteiger partial charge on any atom is -0.325 e. The number of aryl methyl sites for hydroxylation is 2. The van der Waals surface area contributed by atoms with E-state index in [-0.39, 0.29) is 49.1 Å². The third-order valence-electron chi connectivity index (χ3n) is 9.76. The monoisotopic (exact) mass is 1000 g/mol. The molecule has 0 radical (unpaired) electrons. The van der Waals surface area contributed by atoms with Crippen molar-refractivity contribution in [3.63, 3.8) is 0 Å². The highest BCUT2D eigenvalue weighted by Crippen LogP contribution is 2.36. The third kappa shape index (κ3) is 11.2. The Bertz CT molecular complexity index is 2680. The van der Waals surface area contributed by atoms with Gasteiger partial charge in [0.25, 0.3) is 20.4 Å². The summed E-state index contributed by atoms with van der Waals surface area (Å²) in [5, 5.41) is 17.1. The molecule has 6 heterocycles. The zero-order valence-electron chi connectivity index (χ0n) is 32.8. The Labute approximate surface area is 387 Å². The number of benzene rings is 2. The molecule has 4 atom stereocenters. The maximum atomic E-state index is 13.4. The number of rotatable bonds is 8. The number of likely N-dealkylation sites (N-methyl/N-ethyl adjacent to an activating group) is 2. The van der Waals surface area contributed by atoms with Gasteiger partial charge in [-0.05, 0) is 61.4 Å². The standard InChI is InChI=1S/2C18H18ClFN6O3S2.2CH4/c2*1-25-9-21-17(23-25)10-5-16(30-8-10)14-7-15(26(2)31(28,29)24-14)18(27)22-11-3-4-13(20)12(19)6-11;;/h2*3-6,8-9,14-15,24H,7H2,1-2H3,(H,22,27);2*1H4/t2*14-,15+;;/m10../s1. The molecule has 64 heavy (non-hydrogen) atoms. The highest BCUT2D eigenvalue weighted by molar-refractivity contribution is 7.87. The lowest BCUT2D eigenvalue weighted by atomic mass is 10.0. The summed E-state index contributed by atoms with van der Waals surface area (Å²) in [4.78, 5) is 35.6. The molecule has 0 bridgehead atoms. The van der Waals surface area contributed by atoms with Gasteiger partial charge in [0.15, 0.2) is 11.6 Å². The molecular weight excluding hydrogens is 958 g/mol. The molecular formula is C38H44Cl2F2N12O6S4. The van der Waals surface area contributed by atoms with Crippen molar-refractivity contribution in [1.29, 1.82) is 0 Å². The Balaban J connectivity index is 0.000000234. The summed E-state index contributed by atoms with van der Waals surface area (Å²) < 4.78 is 87.7. The van der Waals surface area contributed by atoms with Gasteiger partial charge in [-0.15, -0.1) is 22.7 Å². The zero-order chi connectivity index (χ0) is 44.7. The van der Waals surface area contributed by atoms with E-state index < -0.39 is 68.0 Å². The van der Waals surface area contributed by atoms with Crippen molar-refractivity contribution in [1.82, 2.24) is 47.6 Å². The Morgan fingerprint density at radius 2 is 1.05 bits per heavy atom. The fourth-order valence-electron chi connectivity index (χ4n) is 6.44. The summed E-state index contributed by atoms with van der Waals surface area (Å²) in [6.07, 6.45) is 3.55. The Morgan fingerprint density at radius 3 is 1.38 bits per heavy atom. The first-order chi connectivity index (χ1) is 29.3. The van der Waals surface area contributed by atoms with E-state index in [0.717, 1.165) is 41.6 Å². The predicted octanol–water partition coefficient (Wildman–Crippen LogP) is 6.38. The molecule has 26 heteroatoms. The summed E-state index contributed by atoms with van der Waals surface area (Å²) in [6.45, 7) is 0. The second kappa shape index (κ2) is 20.2. The molecule has 2 aromatic carbocycles. The molecule has 4 aromatic heterocycles. The first-order valence-electron chi connectivity index (χ1n) is 18.2. The molecule has 0 saturated carbocycles. The number of anilines is 2. The smallest absolute Gasteiger partial charge is 0.280 e. The molecule has 0 spiro atoms. The minimum atomic E-state index is -3.90. The van der Waals surface area contributed by atoms with E-state index >= 15 is 0 Å². The van der Waals surface area contributed by atoms with E-state index in [1.807, 2.05) is 22.9 Å². The van der Waals surface area contributed by atoms with Gasteiger partial charge in [-0.25, -0.2) is 18.7 Å². The van der Waals surface area contributed by atoms with Crippen LogP contribution in [0.15, 0.2) is 71.9 Å². The van der Waals surface area contributed by atoms with Crippen LogP contribution in [0, 0.1) is 11.6 Å². The quantitative estimate of drug-likeness (QED) is 0.132.